The second-order valence-electron chi connectivity index (χ2n) is 6.03. The zero-order valence-electron chi connectivity index (χ0n) is 13.4. The van der Waals surface area contributed by atoms with E-state index in [0.29, 0.717) is 25.9 Å². The Morgan fingerprint density at radius 1 is 1.05 bits per heavy atom. The highest BCUT2D eigenvalue weighted by Gasteiger charge is 2.26. The zero-order chi connectivity index (χ0) is 15.7. The fraction of sp³-hybridized carbons (Fsp3) is 0.733. The summed E-state index contributed by atoms with van der Waals surface area (Å²) in [5, 5.41) is 0. The summed E-state index contributed by atoms with van der Waals surface area (Å²) in [6, 6.07) is 0. The summed E-state index contributed by atoms with van der Waals surface area (Å²) in [7, 11) is -3.13. The fourth-order valence-corrected chi connectivity index (χ4v) is 4.37. The molecule has 0 radical (unpaired) electrons. The molecule has 7 heteroatoms. The van der Waals surface area contributed by atoms with Crippen LogP contribution in [0, 0.1) is 6.92 Å². The molecule has 0 amide bonds. The highest BCUT2D eigenvalue weighted by molar-refractivity contribution is 7.89. The van der Waals surface area contributed by atoms with Crippen molar-refractivity contribution in [3.05, 3.63) is 17.0 Å². The summed E-state index contributed by atoms with van der Waals surface area (Å²) >= 11 is 0. The summed E-state index contributed by atoms with van der Waals surface area (Å²) in [6.07, 6.45) is 3.78. The highest BCUT2D eigenvalue weighted by atomic mass is 32.2. The third kappa shape index (κ3) is 2.96. The molecule has 0 atom stereocenters. The number of hydrogen-bond donors (Lipinski definition) is 0. The first-order valence-corrected chi connectivity index (χ1v) is 9.71. The minimum Gasteiger partial charge on any atom is -0.341 e. The number of aryl methyl sites for hydroxylation is 1. The maximum absolute atomic E-state index is 12.1. The van der Waals surface area contributed by atoms with Crippen LogP contribution in [0.2, 0.25) is 0 Å². The van der Waals surface area contributed by atoms with Crippen LogP contribution in [0.5, 0.6) is 0 Å². The summed E-state index contributed by atoms with van der Waals surface area (Å²) < 4.78 is 25.8. The molecule has 3 rings (SSSR count). The van der Waals surface area contributed by atoms with Crippen LogP contribution in [0.15, 0.2) is 0 Å². The normalized spacial score (nSPS) is 20.0. The monoisotopic (exact) mass is 324 g/mol. The van der Waals surface area contributed by atoms with Gasteiger partial charge in [-0.1, -0.05) is 0 Å². The van der Waals surface area contributed by atoms with Crippen LogP contribution >= 0.6 is 0 Å². The Hall–Kier alpha value is -1.21. The molecule has 2 aliphatic rings. The molecular weight excluding hydrogens is 300 g/mol. The minimum absolute atomic E-state index is 0.160. The van der Waals surface area contributed by atoms with Crippen molar-refractivity contribution in [2.24, 2.45) is 0 Å². The van der Waals surface area contributed by atoms with Gasteiger partial charge in [0, 0.05) is 38.3 Å². The van der Waals surface area contributed by atoms with Crippen molar-refractivity contribution in [2.75, 3.05) is 36.8 Å². The number of anilines is 1. The molecule has 6 nitrogen and oxygen atoms in total. The Morgan fingerprint density at radius 2 is 1.73 bits per heavy atom. The summed E-state index contributed by atoms with van der Waals surface area (Å²) in [6.45, 7) is 6.83. The lowest BCUT2D eigenvalue weighted by Gasteiger charge is -2.18. The van der Waals surface area contributed by atoms with Gasteiger partial charge in [0.15, 0.2) is 0 Å². The first-order valence-electron chi connectivity index (χ1n) is 8.10. The van der Waals surface area contributed by atoms with Gasteiger partial charge in [0.05, 0.1) is 11.4 Å². The number of aromatic nitrogens is 2. The topological polar surface area (TPSA) is 66.4 Å². The van der Waals surface area contributed by atoms with E-state index < -0.39 is 10.0 Å². The van der Waals surface area contributed by atoms with Gasteiger partial charge in [0.25, 0.3) is 0 Å². The molecule has 2 aliphatic heterocycles. The van der Waals surface area contributed by atoms with E-state index in [1.165, 1.54) is 12.8 Å². The molecule has 0 N–H and O–H groups in total. The van der Waals surface area contributed by atoms with Gasteiger partial charge in [-0.3, -0.25) is 0 Å². The largest absolute Gasteiger partial charge is 0.341 e. The SMILES string of the molecule is CCS(=O)(=O)N1CCc2nc(N3CCCC3)nc(C)c2CC1. The number of rotatable bonds is 3. The molecule has 1 saturated heterocycles. The lowest BCUT2D eigenvalue weighted by Crippen LogP contribution is -2.34. The summed E-state index contributed by atoms with van der Waals surface area (Å²) in [5.74, 6) is 0.980. The van der Waals surface area contributed by atoms with E-state index in [9.17, 15) is 8.42 Å². The summed E-state index contributed by atoms with van der Waals surface area (Å²) in [4.78, 5) is 11.7. The van der Waals surface area contributed by atoms with E-state index >= 15 is 0 Å². The summed E-state index contributed by atoms with van der Waals surface area (Å²) in [5.41, 5.74) is 3.17. The Morgan fingerprint density at radius 3 is 2.41 bits per heavy atom. The van der Waals surface area contributed by atoms with E-state index in [1.807, 2.05) is 6.92 Å². The van der Waals surface area contributed by atoms with E-state index in [0.717, 1.165) is 36.0 Å². The van der Waals surface area contributed by atoms with Gasteiger partial charge in [-0.15, -0.1) is 0 Å². The molecule has 122 valence electrons. The van der Waals surface area contributed by atoms with Crippen LogP contribution in [0.4, 0.5) is 5.95 Å². The van der Waals surface area contributed by atoms with Crippen LogP contribution in [0.25, 0.3) is 0 Å². The molecule has 1 aromatic heterocycles. The molecule has 0 bridgehead atoms. The van der Waals surface area contributed by atoms with Crippen molar-refractivity contribution in [1.29, 1.82) is 0 Å². The Labute approximate surface area is 132 Å². The second kappa shape index (κ2) is 6.12. The number of fused-ring (bicyclic) bond motifs is 1. The van der Waals surface area contributed by atoms with Crippen molar-refractivity contribution < 1.29 is 8.42 Å². The van der Waals surface area contributed by atoms with Crippen molar-refractivity contribution in [1.82, 2.24) is 14.3 Å². The maximum atomic E-state index is 12.1. The average Bonchev–Trinajstić information content (AvgIpc) is 2.94. The fourth-order valence-electron chi connectivity index (χ4n) is 3.27. The second-order valence-corrected chi connectivity index (χ2v) is 8.29. The molecule has 3 heterocycles. The highest BCUT2D eigenvalue weighted by Crippen LogP contribution is 2.23. The van der Waals surface area contributed by atoms with Crippen molar-refractivity contribution in [3.8, 4) is 0 Å². The average molecular weight is 324 g/mol. The Bertz CT molecular complexity index is 654. The van der Waals surface area contributed by atoms with Crippen LogP contribution in [0.1, 0.15) is 36.7 Å². The molecule has 0 spiro atoms. The standard InChI is InChI=1S/C15H24N4O2S/c1-3-22(20,21)19-10-6-13-12(2)16-15(17-14(13)7-11-19)18-8-4-5-9-18/h3-11H2,1-2H3. The molecule has 1 aromatic rings. The van der Waals surface area contributed by atoms with Gasteiger partial charge in [-0.05, 0) is 38.7 Å². The third-order valence-electron chi connectivity index (χ3n) is 4.64. The maximum Gasteiger partial charge on any atom is 0.225 e. The smallest absolute Gasteiger partial charge is 0.225 e. The van der Waals surface area contributed by atoms with Crippen molar-refractivity contribution in [3.63, 3.8) is 0 Å². The Kier molecular flexibility index (Phi) is 4.36. The molecule has 1 fully saturated rings. The van der Waals surface area contributed by atoms with E-state index in [1.54, 1.807) is 11.2 Å². The molecule has 0 saturated carbocycles. The predicted octanol–water partition coefficient (Wildman–Crippen LogP) is 1.14. The number of hydrogen-bond acceptors (Lipinski definition) is 5. The quantitative estimate of drug-likeness (QED) is 0.834. The molecular formula is C15H24N4O2S. The Balaban J connectivity index is 1.87. The lowest BCUT2D eigenvalue weighted by atomic mass is 10.1. The minimum atomic E-state index is -3.13. The van der Waals surface area contributed by atoms with Crippen molar-refractivity contribution >= 4 is 16.0 Å². The number of nitrogens with zero attached hydrogens (tertiary/aromatic N) is 4. The van der Waals surface area contributed by atoms with Gasteiger partial charge in [0.2, 0.25) is 16.0 Å². The van der Waals surface area contributed by atoms with Crippen LogP contribution < -0.4 is 4.90 Å². The van der Waals surface area contributed by atoms with Gasteiger partial charge in [-0.2, -0.15) is 0 Å². The predicted molar refractivity (Wildman–Crippen MR) is 86.7 cm³/mol. The van der Waals surface area contributed by atoms with E-state index in [-0.39, 0.29) is 5.75 Å². The molecule has 0 aromatic carbocycles. The van der Waals surface area contributed by atoms with Crippen LogP contribution in [0.3, 0.4) is 0 Å². The van der Waals surface area contributed by atoms with E-state index in [4.69, 9.17) is 4.98 Å². The van der Waals surface area contributed by atoms with Crippen LogP contribution in [-0.4, -0.2) is 54.6 Å². The third-order valence-corrected chi connectivity index (χ3v) is 6.53. The van der Waals surface area contributed by atoms with Gasteiger partial charge in [0.1, 0.15) is 0 Å². The van der Waals surface area contributed by atoms with Gasteiger partial charge < -0.3 is 4.90 Å². The van der Waals surface area contributed by atoms with E-state index in [2.05, 4.69) is 9.88 Å². The van der Waals surface area contributed by atoms with Gasteiger partial charge in [-0.25, -0.2) is 22.7 Å². The van der Waals surface area contributed by atoms with Crippen LogP contribution in [-0.2, 0) is 22.9 Å². The van der Waals surface area contributed by atoms with Crippen molar-refractivity contribution in [2.45, 2.75) is 39.5 Å². The number of sulfonamides is 1. The van der Waals surface area contributed by atoms with Gasteiger partial charge >= 0.3 is 0 Å². The zero-order valence-corrected chi connectivity index (χ0v) is 14.2. The molecule has 22 heavy (non-hydrogen) atoms. The first-order chi connectivity index (χ1) is 10.5. The lowest BCUT2D eigenvalue weighted by molar-refractivity contribution is 0.427. The first kappa shape index (κ1) is 15.7. The molecule has 0 unspecified atom stereocenters. The molecule has 0 aliphatic carbocycles.